The molecular formula is C24H24ClN5O2. The number of pyridine rings is 1. The maximum absolute atomic E-state index is 12.9. The van der Waals surface area contributed by atoms with Crippen LogP contribution in [0.4, 0.5) is 11.5 Å². The number of carbonyl (C=O) groups is 2. The zero-order valence-corrected chi connectivity index (χ0v) is 18.7. The summed E-state index contributed by atoms with van der Waals surface area (Å²) in [7, 11) is 2.03. The largest absolute Gasteiger partial charge is 0.358 e. The average Bonchev–Trinajstić information content (AvgIpc) is 3.22. The van der Waals surface area contributed by atoms with Gasteiger partial charge in [-0.25, -0.2) is 4.98 Å². The minimum atomic E-state index is -0.360. The highest BCUT2D eigenvalue weighted by atomic mass is 35.5. The fourth-order valence-corrected chi connectivity index (χ4v) is 3.79. The summed E-state index contributed by atoms with van der Waals surface area (Å²) in [5.74, 6) is 0.810. The van der Waals surface area contributed by atoms with Crippen molar-refractivity contribution in [1.82, 2.24) is 9.88 Å². The second kappa shape index (κ2) is 9.36. The first-order valence-corrected chi connectivity index (χ1v) is 10.8. The fourth-order valence-electron chi connectivity index (χ4n) is 3.68. The topological polar surface area (TPSA) is 86.7 Å². The Morgan fingerprint density at radius 2 is 1.91 bits per heavy atom. The van der Waals surface area contributed by atoms with Crippen molar-refractivity contribution in [3.63, 3.8) is 0 Å². The number of likely N-dealkylation sites (N-methyl/N-ethyl adjacent to an activating group) is 1. The number of aryl methyl sites for hydroxylation is 1. The molecule has 1 aromatic carbocycles. The molecule has 1 aromatic heterocycles. The van der Waals surface area contributed by atoms with E-state index in [0.717, 1.165) is 36.5 Å². The van der Waals surface area contributed by atoms with E-state index in [1.807, 2.05) is 32.2 Å². The predicted molar refractivity (Wildman–Crippen MR) is 127 cm³/mol. The van der Waals surface area contributed by atoms with Crippen molar-refractivity contribution in [2.45, 2.75) is 19.8 Å². The summed E-state index contributed by atoms with van der Waals surface area (Å²) >= 11 is 5.85. The highest BCUT2D eigenvalue weighted by Crippen LogP contribution is 2.25. The van der Waals surface area contributed by atoms with Crippen molar-refractivity contribution in [2.75, 3.05) is 30.8 Å². The van der Waals surface area contributed by atoms with Crippen LogP contribution in [0.25, 0.3) is 0 Å². The van der Waals surface area contributed by atoms with E-state index in [9.17, 15) is 9.59 Å². The molecule has 2 N–H and O–H groups in total. The van der Waals surface area contributed by atoms with Gasteiger partial charge in [0.25, 0.3) is 11.8 Å². The normalized spacial score (nSPS) is 15.6. The number of hydrogen-bond acceptors (Lipinski definition) is 5. The summed E-state index contributed by atoms with van der Waals surface area (Å²) in [5.41, 5.74) is 3.53. The van der Waals surface area contributed by atoms with Gasteiger partial charge < -0.3 is 15.5 Å². The Balaban J connectivity index is 1.50. The van der Waals surface area contributed by atoms with Gasteiger partial charge in [0, 0.05) is 25.4 Å². The van der Waals surface area contributed by atoms with Crippen LogP contribution in [0.1, 0.15) is 28.8 Å². The molecule has 2 amide bonds. The van der Waals surface area contributed by atoms with E-state index >= 15 is 0 Å². The molecule has 1 aliphatic carbocycles. The van der Waals surface area contributed by atoms with Gasteiger partial charge in [0.1, 0.15) is 11.7 Å². The van der Waals surface area contributed by atoms with E-state index in [4.69, 9.17) is 11.6 Å². The van der Waals surface area contributed by atoms with E-state index in [0.29, 0.717) is 34.1 Å². The van der Waals surface area contributed by atoms with Crippen molar-refractivity contribution in [1.29, 1.82) is 0 Å². The number of benzene rings is 1. The first kappa shape index (κ1) is 21.8. The van der Waals surface area contributed by atoms with Crippen LogP contribution in [0.2, 0.25) is 5.02 Å². The SMILES string of the molecule is Cc1ccc(NC(=O)C2=CC=C(C3=NCCN3C)CC2)c(C(=O)Nc2ccc(Cl)cn2)c1. The molecule has 0 unspecified atom stereocenters. The maximum Gasteiger partial charge on any atom is 0.258 e. The number of amides is 2. The van der Waals surface area contributed by atoms with Crippen LogP contribution >= 0.6 is 11.6 Å². The van der Waals surface area contributed by atoms with Crippen LogP contribution in [0.3, 0.4) is 0 Å². The maximum atomic E-state index is 12.9. The van der Waals surface area contributed by atoms with Gasteiger partial charge in [0.2, 0.25) is 0 Å². The number of allylic oxidation sites excluding steroid dienone is 2. The molecule has 0 fully saturated rings. The number of rotatable bonds is 5. The predicted octanol–water partition coefficient (Wildman–Crippen LogP) is 4.22. The summed E-state index contributed by atoms with van der Waals surface area (Å²) in [6, 6.07) is 8.60. The lowest BCUT2D eigenvalue weighted by atomic mass is 9.96. The van der Waals surface area contributed by atoms with E-state index in [1.165, 1.54) is 6.20 Å². The molecule has 32 heavy (non-hydrogen) atoms. The van der Waals surface area contributed by atoms with Crippen LogP contribution in [-0.2, 0) is 4.79 Å². The quantitative estimate of drug-likeness (QED) is 0.715. The third kappa shape index (κ3) is 4.89. The lowest BCUT2D eigenvalue weighted by Gasteiger charge is -2.20. The first-order chi connectivity index (χ1) is 15.4. The van der Waals surface area contributed by atoms with Gasteiger partial charge in [-0.15, -0.1) is 0 Å². The molecule has 2 aromatic rings. The monoisotopic (exact) mass is 449 g/mol. The Morgan fingerprint density at radius 3 is 2.56 bits per heavy atom. The highest BCUT2D eigenvalue weighted by molar-refractivity contribution is 6.30. The number of amidine groups is 1. The number of nitrogens with one attached hydrogen (secondary N) is 2. The molecule has 0 saturated carbocycles. The molecule has 1 aliphatic heterocycles. The Hall–Kier alpha value is -3.45. The average molecular weight is 450 g/mol. The molecule has 7 nitrogen and oxygen atoms in total. The van der Waals surface area contributed by atoms with E-state index < -0.39 is 0 Å². The van der Waals surface area contributed by atoms with Crippen molar-refractivity contribution in [3.8, 4) is 0 Å². The molecule has 0 radical (unpaired) electrons. The van der Waals surface area contributed by atoms with Crippen LogP contribution in [0.5, 0.6) is 0 Å². The molecule has 0 saturated heterocycles. The summed E-state index contributed by atoms with van der Waals surface area (Å²) in [4.78, 5) is 36.6. The summed E-state index contributed by atoms with van der Waals surface area (Å²) in [5, 5.41) is 6.12. The second-order valence-corrected chi connectivity index (χ2v) is 8.27. The Labute approximate surface area is 191 Å². The zero-order valence-electron chi connectivity index (χ0n) is 18.0. The van der Waals surface area contributed by atoms with Crippen molar-refractivity contribution >= 4 is 40.8 Å². The lowest BCUT2D eigenvalue weighted by molar-refractivity contribution is -0.113. The van der Waals surface area contributed by atoms with Crippen molar-refractivity contribution in [2.24, 2.45) is 4.99 Å². The third-order valence-corrected chi connectivity index (χ3v) is 5.65. The van der Waals surface area contributed by atoms with Gasteiger partial charge in [0.05, 0.1) is 22.8 Å². The lowest BCUT2D eigenvalue weighted by Crippen LogP contribution is -2.25. The van der Waals surface area contributed by atoms with Gasteiger partial charge in [-0.1, -0.05) is 35.4 Å². The minimum absolute atomic E-state index is 0.218. The molecule has 4 rings (SSSR count). The number of carbonyl (C=O) groups excluding carboxylic acids is 2. The summed E-state index contributed by atoms with van der Waals surface area (Å²) < 4.78 is 0. The first-order valence-electron chi connectivity index (χ1n) is 10.4. The Kier molecular flexibility index (Phi) is 6.37. The molecule has 0 atom stereocenters. The molecule has 8 heteroatoms. The molecule has 2 heterocycles. The second-order valence-electron chi connectivity index (χ2n) is 7.83. The van der Waals surface area contributed by atoms with Crippen LogP contribution in [-0.4, -0.2) is 47.7 Å². The number of nitrogens with zero attached hydrogens (tertiary/aromatic N) is 3. The smallest absolute Gasteiger partial charge is 0.258 e. The van der Waals surface area contributed by atoms with Gasteiger partial charge in [0.15, 0.2) is 0 Å². The summed E-state index contributed by atoms with van der Waals surface area (Å²) in [6.07, 6.45) is 6.64. The Bertz CT molecular complexity index is 1150. The number of anilines is 2. The van der Waals surface area contributed by atoms with Gasteiger partial charge in [-0.2, -0.15) is 0 Å². The van der Waals surface area contributed by atoms with Crippen LogP contribution in [0, 0.1) is 6.92 Å². The molecule has 2 aliphatic rings. The van der Waals surface area contributed by atoms with Crippen molar-refractivity contribution in [3.05, 3.63) is 76.0 Å². The molecular weight excluding hydrogens is 426 g/mol. The molecule has 0 spiro atoms. The van der Waals surface area contributed by atoms with E-state index in [2.05, 4.69) is 25.5 Å². The highest BCUT2D eigenvalue weighted by Gasteiger charge is 2.22. The summed E-state index contributed by atoms with van der Waals surface area (Å²) in [6.45, 7) is 3.62. The Morgan fingerprint density at radius 1 is 1.06 bits per heavy atom. The molecule has 0 bridgehead atoms. The van der Waals surface area contributed by atoms with Gasteiger partial charge in [-0.05, 0) is 49.6 Å². The van der Waals surface area contributed by atoms with Crippen LogP contribution < -0.4 is 10.6 Å². The van der Waals surface area contributed by atoms with Crippen LogP contribution in [0.15, 0.2) is 64.8 Å². The molecule has 164 valence electrons. The standard InChI is InChI=1S/C24H24ClN5O2/c1-15-3-9-20(19(13-15)24(32)29-21-10-8-18(25)14-27-21)28-23(31)17-6-4-16(5-7-17)22-26-11-12-30(22)2/h3-4,6,8-10,13-14H,5,7,11-12H2,1-2H3,(H,28,31)(H,27,29,32). The number of aromatic nitrogens is 1. The third-order valence-electron chi connectivity index (χ3n) is 5.42. The van der Waals surface area contributed by atoms with Gasteiger partial charge in [-0.3, -0.25) is 14.6 Å². The van der Waals surface area contributed by atoms with Crippen molar-refractivity contribution < 1.29 is 9.59 Å². The number of aliphatic imine (C=N–C) groups is 1. The fraction of sp³-hybridized carbons (Fsp3) is 0.250. The number of hydrogen-bond donors (Lipinski definition) is 2. The minimum Gasteiger partial charge on any atom is -0.358 e. The van der Waals surface area contributed by atoms with Gasteiger partial charge >= 0.3 is 0 Å². The number of halogens is 1. The zero-order chi connectivity index (χ0) is 22.7. The van der Waals surface area contributed by atoms with E-state index in [1.54, 1.807) is 24.3 Å². The van der Waals surface area contributed by atoms with E-state index in [-0.39, 0.29) is 11.8 Å².